The number of carbonyl (C=O) groups excluding carboxylic acids is 2. The number of benzene rings is 1. The van der Waals surface area contributed by atoms with Gasteiger partial charge in [-0.15, -0.1) is 0 Å². The van der Waals surface area contributed by atoms with Gasteiger partial charge in [-0.3, -0.25) is 9.59 Å². The number of carbonyl (C=O) groups is 2. The first-order valence-corrected chi connectivity index (χ1v) is 9.53. The fourth-order valence-electron chi connectivity index (χ4n) is 4.51. The number of hydrogen-bond donors (Lipinski definition) is 1. The summed E-state index contributed by atoms with van der Waals surface area (Å²) in [7, 11) is 0. The molecule has 29 heavy (non-hydrogen) atoms. The molecule has 2 fully saturated rings. The molecule has 3 rings (SSSR count). The number of halogens is 3. The number of nitrogens with two attached hydrogens (primary N) is 1. The number of rotatable bonds is 3. The number of nitrogens with zero attached hydrogens (tertiary/aromatic N) is 3. The SMILES string of the molecule is CC(=O)N1C[C@@H](C(N)=O)[C@H](C2CCN(c3ccc(C#N)c(C(F)(F)F)c3)CC2)C1. The first-order chi connectivity index (χ1) is 13.6. The Labute approximate surface area is 167 Å². The molecule has 2 aliphatic heterocycles. The Hall–Kier alpha value is -2.76. The molecule has 1 aromatic carbocycles. The van der Waals surface area contributed by atoms with Gasteiger partial charge in [-0.25, -0.2) is 0 Å². The molecule has 9 heteroatoms. The average molecular weight is 408 g/mol. The normalized spacial score (nSPS) is 23.1. The van der Waals surface area contributed by atoms with Crippen molar-refractivity contribution in [3.05, 3.63) is 29.3 Å². The van der Waals surface area contributed by atoms with Gasteiger partial charge in [0.1, 0.15) is 0 Å². The lowest BCUT2D eigenvalue weighted by molar-refractivity contribution is -0.137. The second-order valence-electron chi connectivity index (χ2n) is 7.76. The minimum Gasteiger partial charge on any atom is -0.372 e. The zero-order valence-corrected chi connectivity index (χ0v) is 16.1. The molecule has 0 saturated carbocycles. The van der Waals surface area contributed by atoms with E-state index in [0.717, 1.165) is 6.07 Å². The van der Waals surface area contributed by atoms with Crippen molar-refractivity contribution in [1.29, 1.82) is 5.26 Å². The van der Waals surface area contributed by atoms with Crippen LogP contribution in [0.25, 0.3) is 0 Å². The van der Waals surface area contributed by atoms with Crippen LogP contribution in [0.4, 0.5) is 18.9 Å². The van der Waals surface area contributed by atoms with Crippen LogP contribution in [-0.2, 0) is 15.8 Å². The summed E-state index contributed by atoms with van der Waals surface area (Å²) in [6.07, 6.45) is -3.20. The number of likely N-dealkylation sites (tertiary alicyclic amines) is 1. The molecule has 0 spiro atoms. The van der Waals surface area contributed by atoms with E-state index in [1.165, 1.54) is 19.1 Å². The van der Waals surface area contributed by atoms with Gasteiger partial charge in [0.05, 0.1) is 23.1 Å². The number of primary amides is 1. The zero-order chi connectivity index (χ0) is 21.3. The first-order valence-electron chi connectivity index (χ1n) is 9.53. The highest BCUT2D eigenvalue weighted by Gasteiger charge is 2.42. The highest BCUT2D eigenvalue weighted by molar-refractivity contribution is 5.80. The molecule has 0 radical (unpaired) electrons. The van der Waals surface area contributed by atoms with Gasteiger partial charge in [0.25, 0.3) is 0 Å². The second-order valence-corrected chi connectivity index (χ2v) is 7.76. The molecule has 0 aliphatic carbocycles. The Morgan fingerprint density at radius 2 is 1.86 bits per heavy atom. The molecule has 6 nitrogen and oxygen atoms in total. The minimum atomic E-state index is -4.59. The smallest absolute Gasteiger partial charge is 0.372 e. The molecule has 2 aliphatic rings. The van der Waals surface area contributed by atoms with Crippen molar-refractivity contribution in [3.8, 4) is 6.07 Å². The van der Waals surface area contributed by atoms with E-state index in [1.807, 2.05) is 4.90 Å². The summed E-state index contributed by atoms with van der Waals surface area (Å²) < 4.78 is 39.7. The van der Waals surface area contributed by atoms with E-state index in [-0.39, 0.29) is 23.7 Å². The van der Waals surface area contributed by atoms with Crippen LogP contribution in [0.1, 0.15) is 30.9 Å². The number of amides is 2. The molecular weight excluding hydrogens is 385 g/mol. The largest absolute Gasteiger partial charge is 0.417 e. The number of piperidine rings is 1. The van der Waals surface area contributed by atoms with E-state index in [9.17, 15) is 22.8 Å². The van der Waals surface area contributed by atoms with Gasteiger partial charge in [-0.2, -0.15) is 18.4 Å². The third-order valence-electron chi connectivity index (χ3n) is 6.12. The monoisotopic (exact) mass is 408 g/mol. The van der Waals surface area contributed by atoms with Crippen molar-refractivity contribution in [3.63, 3.8) is 0 Å². The van der Waals surface area contributed by atoms with E-state index in [4.69, 9.17) is 11.0 Å². The van der Waals surface area contributed by atoms with E-state index < -0.39 is 23.2 Å². The van der Waals surface area contributed by atoms with Crippen molar-refractivity contribution in [2.45, 2.75) is 25.9 Å². The molecule has 2 saturated heterocycles. The van der Waals surface area contributed by atoms with Crippen molar-refractivity contribution >= 4 is 17.5 Å². The van der Waals surface area contributed by atoms with Crippen LogP contribution in [0.15, 0.2) is 18.2 Å². The maximum Gasteiger partial charge on any atom is 0.417 e. The van der Waals surface area contributed by atoms with Crippen molar-refractivity contribution < 1.29 is 22.8 Å². The first kappa shape index (κ1) is 21.0. The van der Waals surface area contributed by atoms with E-state index in [1.54, 1.807) is 11.0 Å². The molecule has 1 aromatic rings. The molecule has 2 atom stereocenters. The summed E-state index contributed by atoms with van der Waals surface area (Å²) in [4.78, 5) is 27.0. The van der Waals surface area contributed by atoms with Crippen molar-refractivity contribution in [2.24, 2.45) is 23.5 Å². The van der Waals surface area contributed by atoms with Crippen LogP contribution < -0.4 is 10.6 Å². The topological polar surface area (TPSA) is 90.4 Å². The summed E-state index contributed by atoms with van der Waals surface area (Å²) in [5.74, 6) is -0.738. The minimum absolute atomic E-state index is 0.0229. The van der Waals surface area contributed by atoms with Gasteiger partial charge in [0.15, 0.2) is 0 Å². The maximum atomic E-state index is 13.2. The van der Waals surface area contributed by atoms with Gasteiger partial charge < -0.3 is 15.5 Å². The molecule has 0 bridgehead atoms. The Kier molecular flexibility index (Phi) is 5.73. The number of anilines is 1. The molecule has 156 valence electrons. The van der Waals surface area contributed by atoms with E-state index >= 15 is 0 Å². The molecule has 2 N–H and O–H groups in total. The summed E-state index contributed by atoms with van der Waals surface area (Å²) in [5.41, 5.74) is 4.65. The van der Waals surface area contributed by atoms with Crippen LogP contribution in [0.3, 0.4) is 0 Å². The van der Waals surface area contributed by atoms with Gasteiger partial charge in [0, 0.05) is 38.8 Å². The predicted octanol–water partition coefficient (Wildman–Crippen LogP) is 2.37. The summed E-state index contributed by atoms with van der Waals surface area (Å²) in [6.45, 7) is 3.36. The summed E-state index contributed by atoms with van der Waals surface area (Å²) in [6, 6.07) is 5.36. The number of alkyl halides is 3. The van der Waals surface area contributed by atoms with Crippen LogP contribution in [0.5, 0.6) is 0 Å². The van der Waals surface area contributed by atoms with Crippen LogP contribution in [-0.4, -0.2) is 42.9 Å². The summed E-state index contributed by atoms with van der Waals surface area (Å²) >= 11 is 0. The quantitative estimate of drug-likeness (QED) is 0.832. The lowest BCUT2D eigenvalue weighted by Gasteiger charge is -2.37. The van der Waals surface area contributed by atoms with Crippen molar-refractivity contribution in [1.82, 2.24) is 4.90 Å². The van der Waals surface area contributed by atoms with Gasteiger partial charge in [0.2, 0.25) is 11.8 Å². The summed E-state index contributed by atoms with van der Waals surface area (Å²) in [5, 5.41) is 8.94. The van der Waals surface area contributed by atoms with E-state index in [2.05, 4.69) is 0 Å². The predicted molar refractivity (Wildman–Crippen MR) is 99.5 cm³/mol. The Morgan fingerprint density at radius 3 is 2.38 bits per heavy atom. The van der Waals surface area contributed by atoms with Crippen molar-refractivity contribution in [2.75, 3.05) is 31.1 Å². The van der Waals surface area contributed by atoms with Crippen LogP contribution >= 0.6 is 0 Å². The van der Waals surface area contributed by atoms with Crippen LogP contribution in [0, 0.1) is 29.1 Å². The highest BCUT2D eigenvalue weighted by Crippen LogP contribution is 2.38. The Morgan fingerprint density at radius 1 is 1.21 bits per heavy atom. The average Bonchev–Trinajstić information content (AvgIpc) is 3.13. The second kappa shape index (κ2) is 7.93. The molecule has 0 aromatic heterocycles. The fourth-order valence-corrected chi connectivity index (χ4v) is 4.51. The standard InChI is InChI=1S/C20H23F3N4O2/c1-12(28)27-10-16(17(11-27)19(25)29)13-4-6-26(7-5-13)15-3-2-14(9-24)18(8-15)20(21,22)23/h2-3,8,13,16-17H,4-7,10-11H2,1H3,(H2,25,29)/t16-,17+/m0/s1. The zero-order valence-electron chi connectivity index (χ0n) is 16.1. The third-order valence-corrected chi connectivity index (χ3v) is 6.12. The molecule has 0 unspecified atom stereocenters. The fraction of sp³-hybridized carbons (Fsp3) is 0.550. The molecule has 2 heterocycles. The third kappa shape index (κ3) is 4.31. The Balaban J connectivity index is 1.72. The van der Waals surface area contributed by atoms with Gasteiger partial charge >= 0.3 is 6.18 Å². The number of nitriles is 1. The highest BCUT2D eigenvalue weighted by atomic mass is 19.4. The lowest BCUT2D eigenvalue weighted by atomic mass is 9.78. The molecular formula is C20H23F3N4O2. The Bertz CT molecular complexity index is 841. The maximum absolute atomic E-state index is 13.2. The van der Waals surface area contributed by atoms with Gasteiger partial charge in [-0.1, -0.05) is 0 Å². The number of hydrogen-bond acceptors (Lipinski definition) is 4. The van der Waals surface area contributed by atoms with E-state index in [0.29, 0.717) is 44.7 Å². The lowest BCUT2D eigenvalue weighted by Crippen LogP contribution is -2.40. The van der Waals surface area contributed by atoms with Gasteiger partial charge in [-0.05, 0) is 42.9 Å². The van der Waals surface area contributed by atoms with Crippen LogP contribution in [0.2, 0.25) is 0 Å². The molecule has 2 amide bonds.